The Morgan fingerprint density at radius 2 is 2.00 bits per heavy atom. The highest BCUT2D eigenvalue weighted by molar-refractivity contribution is 8.01. The molecule has 1 amide bonds. The van der Waals surface area contributed by atoms with Gasteiger partial charge in [0.1, 0.15) is 0 Å². The lowest BCUT2D eigenvalue weighted by molar-refractivity contribution is -0.115. The van der Waals surface area contributed by atoms with Gasteiger partial charge in [-0.3, -0.25) is 9.78 Å². The fraction of sp³-hybridized carbons (Fsp3) is 0.200. The van der Waals surface area contributed by atoms with Crippen LogP contribution in [0.1, 0.15) is 12.5 Å². The number of carbonyl (C=O) groups is 1. The Kier molecular flexibility index (Phi) is 4.38. The number of carbonyl (C=O) groups excluding carboxylic acids is 1. The Morgan fingerprint density at radius 1 is 1.26 bits per heavy atom. The molecule has 0 bridgehead atoms. The molecule has 0 fully saturated rings. The van der Waals surface area contributed by atoms with E-state index in [-0.39, 0.29) is 22.6 Å². The van der Waals surface area contributed by atoms with Gasteiger partial charge in [-0.05, 0) is 42.8 Å². The molecule has 23 heavy (non-hydrogen) atoms. The number of nitrogens with zero attached hydrogens (tertiary/aromatic N) is 1. The fourth-order valence-corrected chi connectivity index (χ4v) is 4.09. The van der Waals surface area contributed by atoms with Crippen molar-refractivity contribution in [2.45, 2.75) is 28.5 Å². The van der Waals surface area contributed by atoms with E-state index in [9.17, 15) is 13.2 Å². The van der Waals surface area contributed by atoms with Crippen molar-refractivity contribution in [3.8, 4) is 0 Å². The lowest BCUT2D eigenvalue weighted by Crippen LogP contribution is -2.27. The predicted octanol–water partition coefficient (Wildman–Crippen LogP) is 1.99. The van der Waals surface area contributed by atoms with Gasteiger partial charge in [-0.2, -0.15) is 0 Å². The van der Waals surface area contributed by atoms with Crippen molar-refractivity contribution < 1.29 is 13.2 Å². The van der Waals surface area contributed by atoms with Crippen LogP contribution >= 0.6 is 11.8 Å². The summed E-state index contributed by atoms with van der Waals surface area (Å²) in [5.74, 6) is -0.123. The predicted molar refractivity (Wildman–Crippen MR) is 88.7 cm³/mol. The monoisotopic (exact) mass is 349 g/mol. The molecule has 0 saturated heterocycles. The van der Waals surface area contributed by atoms with Crippen molar-refractivity contribution in [2.75, 3.05) is 5.32 Å². The topological polar surface area (TPSA) is 88.2 Å². The van der Waals surface area contributed by atoms with E-state index in [1.54, 1.807) is 36.7 Å². The van der Waals surface area contributed by atoms with Gasteiger partial charge < -0.3 is 5.32 Å². The number of fused-ring (bicyclic) bond motifs is 1. The van der Waals surface area contributed by atoms with Crippen LogP contribution in [0, 0.1) is 0 Å². The van der Waals surface area contributed by atoms with Crippen LogP contribution < -0.4 is 10.0 Å². The Morgan fingerprint density at radius 3 is 2.74 bits per heavy atom. The molecule has 1 aromatic carbocycles. The van der Waals surface area contributed by atoms with Gasteiger partial charge in [0.05, 0.1) is 15.8 Å². The van der Waals surface area contributed by atoms with Gasteiger partial charge in [0.25, 0.3) is 0 Å². The van der Waals surface area contributed by atoms with Gasteiger partial charge in [-0.25, -0.2) is 13.1 Å². The van der Waals surface area contributed by atoms with Crippen LogP contribution in [0.25, 0.3) is 0 Å². The number of hydrogen-bond acceptors (Lipinski definition) is 5. The number of thioether (sulfide) groups is 1. The molecular weight excluding hydrogens is 334 g/mol. The number of nitrogens with one attached hydrogen (secondary N) is 2. The molecule has 120 valence electrons. The normalized spacial score (nSPS) is 17.4. The number of rotatable bonds is 4. The molecule has 2 N–H and O–H groups in total. The quantitative estimate of drug-likeness (QED) is 0.881. The molecule has 6 nitrogen and oxygen atoms in total. The molecule has 2 aromatic rings. The lowest BCUT2D eigenvalue weighted by atomic mass is 10.3. The van der Waals surface area contributed by atoms with Gasteiger partial charge in [-0.1, -0.05) is 0 Å². The van der Waals surface area contributed by atoms with Crippen molar-refractivity contribution in [1.82, 2.24) is 9.71 Å². The third kappa shape index (κ3) is 3.54. The van der Waals surface area contributed by atoms with E-state index in [1.807, 2.05) is 6.92 Å². The zero-order chi connectivity index (χ0) is 16.4. The molecule has 1 aliphatic heterocycles. The Bertz CT molecular complexity index is 838. The van der Waals surface area contributed by atoms with E-state index in [2.05, 4.69) is 15.0 Å². The Hall–Kier alpha value is -1.90. The number of sulfonamides is 1. The number of amides is 1. The average molecular weight is 349 g/mol. The number of aromatic nitrogens is 1. The van der Waals surface area contributed by atoms with Gasteiger partial charge >= 0.3 is 0 Å². The molecule has 1 aromatic heterocycles. The van der Waals surface area contributed by atoms with Crippen LogP contribution in [0.3, 0.4) is 0 Å². The molecule has 8 heteroatoms. The van der Waals surface area contributed by atoms with Crippen LogP contribution in [-0.4, -0.2) is 24.6 Å². The Balaban J connectivity index is 1.81. The van der Waals surface area contributed by atoms with Crippen molar-refractivity contribution in [2.24, 2.45) is 0 Å². The highest BCUT2D eigenvalue weighted by atomic mass is 32.2. The summed E-state index contributed by atoms with van der Waals surface area (Å²) in [5, 5.41) is 2.55. The summed E-state index contributed by atoms with van der Waals surface area (Å²) in [6.07, 6.45) is 3.22. The smallest absolute Gasteiger partial charge is 0.240 e. The summed E-state index contributed by atoms with van der Waals surface area (Å²) in [6.45, 7) is 1.99. The molecule has 0 aliphatic carbocycles. The second-order valence-electron chi connectivity index (χ2n) is 5.09. The van der Waals surface area contributed by atoms with Crippen molar-refractivity contribution >= 4 is 33.4 Å². The maximum absolute atomic E-state index is 12.4. The van der Waals surface area contributed by atoms with E-state index < -0.39 is 10.0 Å². The summed E-state index contributed by atoms with van der Waals surface area (Å²) in [6, 6.07) is 8.24. The van der Waals surface area contributed by atoms with E-state index in [0.717, 1.165) is 10.5 Å². The Labute approximate surface area is 138 Å². The van der Waals surface area contributed by atoms with Crippen LogP contribution in [0.5, 0.6) is 0 Å². The van der Waals surface area contributed by atoms with Crippen LogP contribution in [0.2, 0.25) is 0 Å². The molecule has 0 radical (unpaired) electrons. The summed E-state index contributed by atoms with van der Waals surface area (Å²) >= 11 is 1.42. The SMILES string of the molecule is CC1Sc2ccc(S(=O)(=O)NCc3ccncc3)cc2NC1=O. The van der Waals surface area contributed by atoms with Gasteiger partial charge in [0, 0.05) is 23.8 Å². The van der Waals surface area contributed by atoms with Gasteiger partial charge in [0.15, 0.2) is 0 Å². The largest absolute Gasteiger partial charge is 0.324 e. The van der Waals surface area contributed by atoms with E-state index in [4.69, 9.17) is 0 Å². The van der Waals surface area contributed by atoms with Crippen molar-refractivity contribution in [3.05, 3.63) is 48.3 Å². The number of pyridine rings is 1. The van der Waals surface area contributed by atoms with Crippen LogP contribution in [-0.2, 0) is 21.4 Å². The molecule has 1 aliphatic rings. The van der Waals surface area contributed by atoms with Crippen molar-refractivity contribution in [3.63, 3.8) is 0 Å². The second-order valence-corrected chi connectivity index (χ2v) is 8.24. The first-order valence-corrected chi connectivity index (χ1v) is 9.32. The molecule has 0 spiro atoms. The first kappa shape index (κ1) is 16.0. The van der Waals surface area contributed by atoms with Crippen molar-refractivity contribution in [1.29, 1.82) is 0 Å². The molecular formula is C15H15N3O3S2. The van der Waals surface area contributed by atoms with E-state index in [0.29, 0.717) is 5.69 Å². The van der Waals surface area contributed by atoms with Gasteiger partial charge in [0.2, 0.25) is 15.9 Å². The van der Waals surface area contributed by atoms with Crippen LogP contribution in [0.4, 0.5) is 5.69 Å². The third-order valence-electron chi connectivity index (χ3n) is 3.41. The van der Waals surface area contributed by atoms with Gasteiger partial charge in [-0.15, -0.1) is 11.8 Å². The minimum Gasteiger partial charge on any atom is -0.324 e. The molecule has 1 unspecified atom stereocenters. The van der Waals surface area contributed by atoms with Crippen LogP contribution in [0.15, 0.2) is 52.5 Å². The first-order chi connectivity index (χ1) is 11.0. The number of anilines is 1. The highest BCUT2D eigenvalue weighted by Crippen LogP contribution is 2.36. The maximum Gasteiger partial charge on any atom is 0.240 e. The molecule has 0 saturated carbocycles. The summed E-state index contributed by atoms with van der Waals surface area (Å²) < 4.78 is 27.3. The summed E-state index contributed by atoms with van der Waals surface area (Å²) in [7, 11) is -3.65. The standard InChI is InChI=1S/C15H15N3O3S2/c1-10-15(19)18-13-8-12(2-3-14(13)22-10)23(20,21)17-9-11-4-6-16-7-5-11/h2-8,10,17H,9H2,1H3,(H,18,19). The second kappa shape index (κ2) is 6.31. The zero-order valence-electron chi connectivity index (χ0n) is 12.3. The van der Waals surface area contributed by atoms with E-state index >= 15 is 0 Å². The number of hydrogen-bond donors (Lipinski definition) is 2. The average Bonchev–Trinajstić information content (AvgIpc) is 2.55. The molecule has 3 rings (SSSR count). The maximum atomic E-state index is 12.4. The lowest BCUT2D eigenvalue weighted by Gasteiger charge is -2.21. The third-order valence-corrected chi connectivity index (χ3v) is 5.98. The minimum absolute atomic E-state index is 0.123. The summed E-state index contributed by atoms with van der Waals surface area (Å²) in [5.41, 5.74) is 1.35. The minimum atomic E-state index is -3.65. The molecule has 1 atom stereocenters. The zero-order valence-corrected chi connectivity index (χ0v) is 13.9. The number of benzene rings is 1. The first-order valence-electron chi connectivity index (χ1n) is 6.96. The molecule has 2 heterocycles. The van der Waals surface area contributed by atoms with E-state index in [1.165, 1.54) is 17.8 Å². The fourth-order valence-electron chi connectivity index (χ4n) is 2.12. The summed E-state index contributed by atoms with van der Waals surface area (Å²) in [4.78, 5) is 16.6. The highest BCUT2D eigenvalue weighted by Gasteiger charge is 2.25.